The smallest absolute Gasteiger partial charge is 0.224 e. The van der Waals surface area contributed by atoms with E-state index in [0.29, 0.717) is 34.6 Å². The summed E-state index contributed by atoms with van der Waals surface area (Å²) in [6, 6.07) is 18.8. The Morgan fingerprint density at radius 3 is 2.62 bits per heavy atom. The predicted octanol–water partition coefficient (Wildman–Crippen LogP) is 4.36. The zero-order chi connectivity index (χ0) is 16.8. The molecular formula is C18H14ClN5. The summed E-state index contributed by atoms with van der Waals surface area (Å²) < 4.78 is 0. The van der Waals surface area contributed by atoms with Crippen LogP contribution < -0.4 is 10.6 Å². The van der Waals surface area contributed by atoms with E-state index < -0.39 is 0 Å². The third-order valence-corrected chi connectivity index (χ3v) is 3.58. The highest BCUT2D eigenvalue weighted by Crippen LogP contribution is 2.19. The van der Waals surface area contributed by atoms with E-state index in [-0.39, 0.29) is 0 Å². The number of nitrogens with zero attached hydrogens (tertiary/aromatic N) is 3. The molecule has 1 heterocycles. The van der Waals surface area contributed by atoms with E-state index in [9.17, 15) is 0 Å². The SMILES string of the molecule is N#Cc1ccccc1Nc1ccnc(NCc2ccc(Cl)cc2)n1. The Morgan fingerprint density at radius 2 is 1.83 bits per heavy atom. The highest BCUT2D eigenvalue weighted by molar-refractivity contribution is 6.30. The lowest BCUT2D eigenvalue weighted by molar-refractivity contribution is 1.06. The Labute approximate surface area is 145 Å². The third kappa shape index (κ3) is 4.00. The van der Waals surface area contributed by atoms with Crippen LogP contribution in [-0.2, 0) is 6.54 Å². The topological polar surface area (TPSA) is 73.6 Å². The van der Waals surface area contributed by atoms with Crippen LogP contribution in [0.1, 0.15) is 11.1 Å². The molecule has 0 amide bonds. The summed E-state index contributed by atoms with van der Waals surface area (Å²) in [4.78, 5) is 8.61. The van der Waals surface area contributed by atoms with Crippen molar-refractivity contribution in [2.75, 3.05) is 10.6 Å². The van der Waals surface area contributed by atoms with Crippen LogP contribution in [0.15, 0.2) is 60.8 Å². The van der Waals surface area contributed by atoms with E-state index in [4.69, 9.17) is 16.9 Å². The minimum absolute atomic E-state index is 0.504. The molecule has 2 aromatic carbocycles. The Balaban J connectivity index is 1.70. The molecule has 0 aliphatic rings. The standard InChI is InChI=1S/C18H14ClN5/c19-15-7-5-13(6-8-15)12-22-18-21-10-9-17(24-18)23-16-4-2-1-3-14(16)11-20/h1-10H,12H2,(H2,21,22,23,24). The summed E-state index contributed by atoms with van der Waals surface area (Å²) >= 11 is 5.88. The normalized spacial score (nSPS) is 10.0. The molecule has 0 fully saturated rings. The van der Waals surface area contributed by atoms with Gasteiger partial charge in [-0.3, -0.25) is 0 Å². The highest BCUT2D eigenvalue weighted by atomic mass is 35.5. The van der Waals surface area contributed by atoms with Crippen molar-refractivity contribution >= 4 is 29.1 Å². The Morgan fingerprint density at radius 1 is 1.04 bits per heavy atom. The second-order valence-corrected chi connectivity index (χ2v) is 5.46. The maximum absolute atomic E-state index is 9.14. The first kappa shape index (κ1) is 15.8. The second-order valence-electron chi connectivity index (χ2n) is 5.03. The number of rotatable bonds is 5. The van der Waals surface area contributed by atoms with Crippen molar-refractivity contribution in [2.24, 2.45) is 0 Å². The van der Waals surface area contributed by atoms with E-state index in [1.165, 1.54) is 0 Å². The van der Waals surface area contributed by atoms with Gasteiger partial charge < -0.3 is 10.6 Å². The Kier molecular flexibility index (Phi) is 4.90. The molecule has 6 heteroatoms. The molecule has 24 heavy (non-hydrogen) atoms. The second kappa shape index (κ2) is 7.44. The molecule has 1 aromatic heterocycles. The summed E-state index contributed by atoms with van der Waals surface area (Å²) in [5.74, 6) is 1.12. The number of benzene rings is 2. The van der Waals surface area contributed by atoms with Crippen LogP contribution >= 0.6 is 11.6 Å². The van der Waals surface area contributed by atoms with Crippen LogP contribution in [0.2, 0.25) is 5.02 Å². The van der Waals surface area contributed by atoms with Gasteiger partial charge in [0.15, 0.2) is 0 Å². The molecule has 0 atom stereocenters. The molecule has 0 radical (unpaired) electrons. The third-order valence-electron chi connectivity index (χ3n) is 3.33. The highest BCUT2D eigenvalue weighted by Gasteiger charge is 2.04. The van der Waals surface area contributed by atoms with Gasteiger partial charge in [0.25, 0.3) is 0 Å². The van der Waals surface area contributed by atoms with Crippen LogP contribution in [0.3, 0.4) is 0 Å². The number of anilines is 3. The van der Waals surface area contributed by atoms with Gasteiger partial charge in [0.05, 0.1) is 11.3 Å². The Hall–Kier alpha value is -3.10. The fourth-order valence-electron chi connectivity index (χ4n) is 2.12. The first-order valence-corrected chi connectivity index (χ1v) is 7.70. The van der Waals surface area contributed by atoms with Crippen molar-refractivity contribution in [3.63, 3.8) is 0 Å². The average molecular weight is 336 g/mol. The summed E-state index contributed by atoms with van der Waals surface area (Å²) in [5, 5.41) is 16.1. The molecule has 118 valence electrons. The first-order chi connectivity index (χ1) is 11.7. The largest absolute Gasteiger partial charge is 0.350 e. The van der Waals surface area contributed by atoms with Crippen LogP contribution in [0.25, 0.3) is 0 Å². The summed E-state index contributed by atoms with van der Waals surface area (Å²) in [7, 11) is 0. The molecule has 3 aromatic rings. The number of nitrogens with one attached hydrogen (secondary N) is 2. The zero-order valence-electron chi connectivity index (χ0n) is 12.7. The van der Waals surface area contributed by atoms with Gasteiger partial charge in [0, 0.05) is 17.8 Å². The lowest BCUT2D eigenvalue weighted by atomic mass is 10.2. The lowest BCUT2D eigenvalue weighted by Gasteiger charge is -2.09. The number of nitriles is 1. The van der Waals surface area contributed by atoms with Gasteiger partial charge >= 0.3 is 0 Å². The molecule has 0 aliphatic heterocycles. The molecule has 0 bridgehead atoms. The van der Waals surface area contributed by atoms with Crippen molar-refractivity contribution < 1.29 is 0 Å². The van der Waals surface area contributed by atoms with Gasteiger partial charge in [-0.25, -0.2) is 4.98 Å². The lowest BCUT2D eigenvalue weighted by Crippen LogP contribution is -2.05. The van der Waals surface area contributed by atoms with E-state index in [0.717, 1.165) is 5.56 Å². The van der Waals surface area contributed by atoms with Crippen molar-refractivity contribution in [3.05, 3.63) is 76.9 Å². The number of hydrogen-bond acceptors (Lipinski definition) is 5. The molecule has 3 rings (SSSR count). The summed E-state index contributed by atoms with van der Waals surface area (Å²) in [6.45, 7) is 0.593. The number of para-hydroxylation sites is 1. The average Bonchev–Trinajstić information content (AvgIpc) is 2.62. The van der Waals surface area contributed by atoms with Gasteiger partial charge in [-0.15, -0.1) is 0 Å². The zero-order valence-corrected chi connectivity index (χ0v) is 13.5. The Bertz CT molecular complexity index is 871. The quantitative estimate of drug-likeness (QED) is 0.724. The van der Waals surface area contributed by atoms with Crippen molar-refractivity contribution in [1.29, 1.82) is 5.26 Å². The van der Waals surface area contributed by atoms with Gasteiger partial charge in [0.1, 0.15) is 11.9 Å². The fourth-order valence-corrected chi connectivity index (χ4v) is 2.25. The monoisotopic (exact) mass is 335 g/mol. The van der Waals surface area contributed by atoms with Gasteiger partial charge in [-0.1, -0.05) is 35.9 Å². The first-order valence-electron chi connectivity index (χ1n) is 7.32. The van der Waals surface area contributed by atoms with E-state index >= 15 is 0 Å². The van der Waals surface area contributed by atoms with Crippen LogP contribution in [-0.4, -0.2) is 9.97 Å². The van der Waals surface area contributed by atoms with Crippen molar-refractivity contribution in [2.45, 2.75) is 6.54 Å². The molecule has 2 N–H and O–H groups in total. The molecule has 0 saturated heterocycles. The van der Waals surface area contributed by atoms with Gasteiger partial charge in [0.2, 0.25) is 5.95 Å². The molecule has 0 saturated carbocycles. The molecule has 5 nitrogen and oxygen atoms in total. The maximum Gasteiger partial charge on any atom is 0.224 e. The molecule has 0 unspecified atom stereocenters. The van der Waals surface area contributed by atoms with Crippen LogP contribution in [0.5, 0.6) is 0 Å². The van der Waals surface area contributed by atoms with Crippen LogP contribution in [0, 0.1) is 11.3 Å². The number of halogens is 1. The van der Waals surface area contributed by atoms with E-state index in [2.05, 4.69) is 26.7 Å². The maximum atomic E-state index is 9.14. The fraction of sp³-hybridized carbons (Fsp3) is 0.0556. The summed E-state index contributed by atoms with van der Waals surface area (Å²) in [5.41, 5.74) is 2.35. The molecular weight excluding hydrogens is 322 g/mol. The van der Waals surface area contributed by atoms with E-state index in [1.807, 2.05) is 42.5 Å². The molecule has 0 spiro atoms. The molecule has 0 aliphatic carbocycles. The van der Waals surface area contributed by atoms with Crippen molar-refractivity contribution in [1.82, 2.24) is 9.97 Å². The minimum Gasteiger partial charge on any atom is -0.350 e. The summed E-state index contributed by atoms with van der Waals surface area (Å²) in [6.07, 6.45) is 1.66. The van der Waals surface area contributed by atoms with Gasteiger partial charge in [-0.05, 0) is 35.9 Å². The van der Waals surface area contributed by atoms with Gasteiger partial charge in [-0.2, -0.15) is 10.2 Å². The number of hydrogen-bond donors (Lipinski definition) is 2. The van der Waals surface area contributed by atoms with Crippen molar-refractivity contribution in [3.8, 4) is 6.07 Å². The number of aromatic nitrogens is 2. The van der Waals surface area contributed by atoms with Crippen LogP contribution in [0.4, 0.5) is 17.5 Å². The van der Waals surface area contributed by atoms with E-state index in [1.54, 1.807) is 18.3 Å². The minimum atomic E-state index is 0.504. The predicted molar refractivity (Wildman–Crippen MR) is 95.3 cm³/mol.